The number of para-hydroxylation sites is 1. The zero-order valence-electron chi connectivity index (χ0n) is 16.9. The highest BCUT2D eigenvalue weighted by Gasteiger charge is 2.35. The summed E-state index contributed by atoms with van der Waals surface area (Å²) in [4.78, 5) is 6.41. The average Bonchev–Trinajstić information content (AvgIpc) is 3.09. The summed E-state index contributed by atoms with van der Waals surface area (Å²) in [6.07, 6.45) is 3.85. The van der Waals surface area contributed by atoms with Gasteiger partial charge in [-0.25, -0.2) is 0 Å². The second kappa shape index (κ2) is 6.67. The highest BCUT2D eigenvalue weighted by atomic mass is 16.5. The Balaban J connectivity index is 1.42. The maximum Gasteiger partial charge on any atom is 0.123 e. The molecule has 3 heterocycles. The first-order chi connectivity index (χ1) is 14.3. The smallest absolute Gasteiger partial charge is 0.123 e. The predicted octanol–water partition coefficient (Wildman–Crippen LogP) is 4.53. The molecule has 29 heavy (non-hydrogen) atoms. The van der Waals surface area contributed by atoms with Gasteiger partial charge in [0.15, 0.2) is 0 Å². The summed E-state index contributed by atoms with van der Waals surface area (Å²) in [6, 6.07) is 17.8. The van der Waals surface area contributed by atoms with Gasteiger partial charge in [0.05, 0.1) is 6.04 Å². The fourth-order valence-electron chi connectivity index (χ4n) is 5.02. The molecule has 148 valence electrons. The van der Waals surface area contributed by atoms with Gasteiger partial charge in [-0.1, -0.05) is 35.9 Å². The highest BCUT2D eigenvalue weighted by Crippen LogP contribution is 2.44. The molecule has 3 aliphatic rings. The molecule has 0 radical (unpaired) electrons. The van der Waals surface area contributed by atoms with Gasteiger partial charge >= 0.3 is 0 Å². The lowest BCUT2D eigenvalue weighted by Crippen LogP contribution is -2.50. The first-order valence-corrected chi connectivity index (χ1v) is 10.8. The van der Waals surface area contributed by atoms with Gasteiger partial charge in [0, 0.05) is 41.9 Å². The summed E-state index contributed by atoms with van der Waals surface area (Å²) in [5.74, 6) is 0.971. The monoisotopic (exact) mass is 385 g/mol. The Morgan fingerprint density at radius 2 is 1.79 bits per heavy atom. The van der Waals surface area contributed by atoms with Gasteiger partial charge in [-0.05, 0) is 55.5 Å². The summed E-state index contributed by atoms with van der Waals surface area (Å²) in [5, 5.41) is 4.64. The molecule has 1 atom stereocenters. The van der Waals surface area contributed by atoms with E-state index in [9.17, 15) is 0 Å². The van der Waals surface area contributed by atoms with Crippen molar-refractivity contribution in [1.29, 1.82) is 0 Å². The molecule has 0 saturated carbocycles. The molecule has 0 bridgehead atoms. The van der Waals surface area contributed by atoms with Crippen LogP contribution in [0, 0.1) is 0 Å². The first-order valence-electron chi connectivity index (χ1n) is 10.8. The Hall–Kier alpha value is -2.72. The van der Waals surface area contributed by atoms with Crippen molar-refractivity contribution in [2.75, 3.05) is 19.6 Å². The lowest BCUT2D eigenvalue weighted by molar-refractivity contribution is 0.142. The number of allylic oxidation sites excluding steroid dienone is 2. The third-order valence-corrected chi connectivity index (χ3v) is 6.85. The Kier molecular flexibility index (Phi) is 3.95. The number of fused-ring (bicyclic) bond motifs is 3. The lowest BCUT2D eigenvalue weighted by atomic mass is 9.87. The summed E-state index contributed by atoms with van der Waals surface area (Å²) < 4.78 is 6.04. The van der Waals surface area contributed by atoms with E-state index in [-0.39, 0.29) is 6.04 Å². The van der Waals surface area contributed by atoms with Crippen LogP contribution in [0.5, 0.6) is 5.75 Å². The number of nitrogens with one attached hydrogen (secondary N) is 2. The first kappa shape index (κ1) is 17.2. The number of hydrogen-bond donors (Lipinski definition) is 2. The van der Waals surface area contributed by atoms with Gasteiger partial charge in [0.2, 0.25) is 0 Å². The van der Waals surface area contributed by atoms with Crippen LogP contribution < -0.4 is 10.1 Å². The lowest BCUT2D eigenvalue weighted by Gasteiger charge is -2.43. The van der Waals surface area contributed by atoms with Crippen LogP contribution in [0.15, 0.2) is 59.8 Å². The van der Waals surface area contributed by atoms with E-state index in [0.717, 1.165) is 31.8 Å². The molecule has 6 rings (SSSR count). The molecule has 3 aromatic rings. The maximum atomic E-state index is 6.04. The largest absolute Gasteiger partial charge is 0.488 e. The molecule has 1 saturated heterocycles. The van der Waals surface area contributed by atoms with Crippen molar-refractivity contribution in [3.05, 3.63) is 76.6 Å². The number of hydrogen-bond acceptors (Lipinski definition) is 3. The topological polar surface area (TPSA) is 40.3 Å². The van der Waals surface area contributed by atoms with E-state index < -0.39 is 0 Å². The van der Waals surface area contributed by atoms with Gasteiger partial charge in [-0.15, -0.1) is 0 Å². The molecular weight excluding hydrogens is 358 g/mol. The third-order valence-electron chi connectivity index (χ3n) is 6.85. The number of rotatable bonds is 4. The van der Waals surface area contributed by atoms with Crippen LogP contribution in [-0.2, 0) is 6.42 Å². The van der Waals surface area contributed by atoms with E-state index >= 15 is 0 Å². The van der Waals surface area contributed by atoms with E-state index in [1.165, 1.54) is 40.6 Å². The second-order valence-corrected chi connectivity index (χ2v) is 8.60. The molecule has 1 aromatic heterocycles. The van der Waals surface area contributed by atoms with Crippen molar-refractivity contribution >= 4 is 10.9 Å². The minimum Gasteiger partial charge on any atom is -0.488 e. The van der Waals surface area contributed by atoms with Crippen LogP contribution in [0.4, 0.5) is 0 Å². The van der Waals surface area contributed by atoms with E-state index in [2.05, 4.69) is 70.7 Å². The van der Waals surface area contributed by atoms with Crippen LogP contribution in [0.3, 0.4) is 0 Å². The number of benzene rings is 2. The van der Waals surface area contributed by atoms with Gasteiger partial charge in [0.1, 0.15) is 11.9 Å². The predicted molar refractivity (Wildman–Crippen MR) is 116 cm³/mol. The van der Waals surface area contributed by atoms with Crippen molar-refractivity contribution in [2.24, 2.45) is 0 Å². The van der Waals surface area contributed by atoms with Crippen molar-refractivity contribution in [3.8, 4) is 5.75 Å². The van der Waals surface area contributed by atoms with Crippen molar-refractivity contribution in [3.63, 3.8) is 0 Å². The Bertz CT molecular complexity index is 1090. The van der Waals surface area contributed by atoms with Crippen LogP contribution in [0.2, 0.25) is 0 Å². The molecule has 4 nitrogen and oxygen atoms in total. The quantitative estimate of drug-likeness (QED) is 0.693. The Morgan fingerprint density at radius 1 is 0.966 bits per heavy atom. The normalized spacial score (nSPS) is 21.7. The number of nitrogens with zero attached hydrogens (tertiary/aromatic N) is 1. The summed E-state index contributed by atoms with van der Waals surface area (Å²) in [5.41, 5.74) is 8.53. The number of aromatic nitrogens is 1. The molecule has 2 N–H and O–H groups in total. The summed E-state index contributed by atoms with van der Waals surface area (Å²) >= 11 is 0. The van der Waals surface area contributed by atoms with E-state index in [1.54, 1.807) is 11.3 Å². The maximum absolute atomic E-state index is 6.04. The van der Waals surface area contributed by atoms with Crippen LogP contribution in [0.25, 0.3) is 10.9 Å². The minimum absolute atomic E-state index is 0.246. The van der Waals surface area contributed by atoms with E-state index in [0.29, 0.717) is 6.10 Å². The van der Waals surface area contributed by atoms with E-state index in [1.807, 2.05) is 0 Å². The van der Waals surface area contributed by atoms with Crippen LogP contribution in [-0.4, -0.2) is 35.6 Å². The van der Waals surface area contributed by atoms with Gasteiger partial charge in [-0.3, -0.25) is 0 Å². The SMILES string of the molecule is CC1=C(N2CCc3c([nH]c4ccccc34)C2c2ccc(OC3CNC3)cc2)CC1. The highest BCUT2D eigenvalue weighted by molar-refractivity contribution is 5.85. The van der Waals surface area contributed by atoms with E-state index in [4.69, 9.17) is 4.74 Å². The molecular formula is C25H27N3O. The number of H-pyrrole nitrogens is 1. The zero-order chi connectivity index (χ0) is 19.4. The molecule has 1 unspecified atom stereocenters. The molecule has 4 heteroatoms. The standard InChI is InChI=1S/C25H27N3O/c1-16-6-11-23(16)28-13-12-21-20-4-2-3-5-22(20)27-24(21)25(28)17-7-9-18(10-8-17)29-19-14-26-15-19/h2-5,7-10,19,25-27H,6,11-15H2,1H3. The van der Waals surface area contributed by atoms with Crippen molar-refractivity contribution in [1.82, 2.24) is 15.2 Å². The summed E-state index contributed by atoms with van der Waals surface area (Å²) in [6.45, 7) is 5.27. The molecule has 2 aromatic carbocycles. The molecule has 2 aliphatic heterocycles. The molecule has 0 spiro atoms. The van der Waals surface area contributed by atoms with Crippen LogP contribution >= 0.6 is 0 Å². The van der Waals surface area contributed by atoms with Gasteiger partial charge in [-0.2, -0.15) is 0 Å². The fourth-order valence-corrected chi connectivity index (χ4v) is 5.02. The van der Waals surface area contributed by atoms with Crippen molar-refractivity contribution in [2.45, 2.75) is 38.3 Å². The van der Waals surface area contributed by atoms with Gasteiger partial charge in [0.25, 0.3) is 0 Å². The summed E-state index contributed by atoms with van der Waals surface area (Å²) in [7, 11) is 0. The Morgan fingerprint density at radius 3 is 2.48 bits per heavy atom. The van der Waals surface area contributed by atoms with Crippen molar-refractivity contribution < 1.29 is 4.74 Å². The zero-order valence-corrected chi connectivity index (χ0v) is 16.9. The van der Waals surface area contributed by atoms with Gasteiger partial charge < -0.3 is 19.9 Å². The minimum atomic E-state index is 0.246. The Labute approximate surface area is 171 Å². The number of aromatic amines is 1. The molecule has 1 fully saturated rings. The average molecular weight is 386 g/mol. The molecule has 1 aliphatic carbocycles. The fraction of sp³-hybridized carbons (Fsp3) is 0.360. The second-order valence-electron chi connectivity index (χ2n) is 8.60. The molecule has 0 amide bonds. The number of ether oxygens (including phenoxy) is 1. The van der Waals surface area contributed by atoms with Crippen LogP contribution in [0.1, 0.15) is 42.6 Å². The third kappa shape index (κ3) is 2.77.